The van der Waals surface area contributed by atoms with E-state index in [4.69, 9.17) is 9.47 Å². The number of hydrogen-bond acceptors (Lipinski definition) is 3. The molecular formula is C29H30N2O3. The molecule has 174 valence electrons. The highest BCUT2D eigenvalue weighted by Crippen LogP contribution is 2.35. The summed E-state index contributed by atoms with van der Waals surface area (Å²) in [5.41, 5.74) is 4.53. The zero-order valence-electron chi connectivity index (χ0n) is 19.4. The van der Waals surface area contributed by atoms with Crippen LogP contribution in [-0.2, 0) is 9.53 Å². The van der Waals surface area contributed by atoms with Crippen molar-refractivity contribution in [2.24, 2.45) is 0 Å². The van der Waals surface area contributed by atoms with Gasteiger partial charge in [0.2, 0.25) is 5.91 Å². The predicted molar refractivity (Wildman–Crippen MR) is 134 cm³/mol. The lowest BCUT2D eigenvalue weighted by Crippen LogP contribution is -2.40. The molecule has 1 aliphatic heterocycles. The van der Waals surface area contributed by atoms with E-state index in [1.807, 2.05) is 71.6 Å². The van der Waals surface area contributed by atoms with Crippen LogP contribution in [0.1, 0.15) is 41.6 Å². The van der Waals surface area contributed by atoms with E-state index in [2.05, 4.69) is 23.3 Å². The number of nitrogens with zero attached hydrogens (tertiary/aromatic N) is 1. The number of aromatic amines is 1. The third-order valence-electron chi connectivity index (χ3n) is 6.79. The molecule has 34 heavy (non-hydrogen) atoms. The summed E-state index contributed by atoms with van der Waals surface area (Å²) in [7, 11) is 1.69. The van der Waals surface area contributed by atoms with Crippen molar-refractivity contribution in [3.63, 3.8) is 0 Å². The maximum atomic E-state index is 13.0. The number of aromatic nitrogens is 1. The third-order valence-corrected chi connectivity index (χ3v) is 6.79. The zero-order valence-corrected chi connectivity index (χ0v) is 19.4. The van der Waals surface area contributed by atoms with Gasteiger partial charge in [-0.1, -0.05) is 60.7 Å². The van der Waals surface area contributed by atoms with Crippen molar-refractivity contribution in [3.8, 4) is 5.75 Å². The summed E-state index contributed by atoms with van der Waals surface area (Å²) in [6, 6.07) is 26.3. The standard InChI is InChI=1S/C29H30N2O3/c1-33-24-12-13-27-25(18-24)26(19-30-27)21-14-16-31(17-15-21)28(32)20-34-29(22-8-4-2-5-9-22)23-10-6-3-7-11-23/h2-13,18-19,21,29-30H,14-17,20H2,1H3. The normalized spacial score (nSPS) is 14.6. The average molecular weight is 455 g/mol. The molecule has 1 aliphatic rings. The number of H-pyrrole nitrogens is 1. The highest BCUT2D eigenvalue weighted by molar-refractivity contribution is 5.85. The topological polar surface area (TPSA) is 54.6 Å². The Morgan fingerprint density at radius 1 is 0.971 bits per heavy atom. The second-order valence-electron chi connectivity index (χ2n) is 8.82. The summed E-state index contributed by atoms with van der Waals surface area (Å²) < 4.78 is 11.6. The number of amides is 1. The number of rotatable bonds is 7. The lowest BCUT2D eigenvalue weighted by atomic mass is 9.89. The van der Waals surface area contributed by atoms with Crippen LogP contribution in [0.2, 0.25) is 0 Å². The highest BCUT2D eigenvalue weighted by Gasteiger charge is 2.26. The van der Waals surface area contributed by atoms with Gasteiger partial charge in [0, 0.05) is 30.2 Å². The van der Waals surface area contributed by atoms with Gasteiger partial charge in [-0.05, 0) is 53.6 Å². The van der Waals surface area contributed by atoms with Crippen molar-refractivity contribution in [2.75, 3.05) is 26.8 Å². The van der Waals surface area contributed by atoms with E-state index in [1.165, 1.54) is 10.9 Å². The van der Waals surface area contributed by atoms with Crippen LogP contribution in [0.3, 0.4) is 0 Å². The number of piperidine rings is 1. The molecular weight excluding hydrogens is 424 g/mol. The summed E-state index contributed by atoms with van der Waals surface area (Å²) >= 11 is 0. The van der Waals surface area contributed by atoms with Gasteiger partial charge in [-0.3, -0.25) is 4.79 Å². The van der Waals surface area contributed by atoms with Crippen molar-refractivity contribution < 1.29 is 14.3 Å². The minimum Gasteiger partial charge on any atom is -0.497 e. The molecule has 1 amide bonds. The van der Waals surface area contributed by atoms with Crippen LogP contribution in [0.5, 0.6) is 5.75 Å². The molecule has 3 aromatic carbocycles. The SMILES string of the molecule is COc1ccc2[nH]cc(C3CCN(C(=O)COC(c4ccccc4)c4ccccc4)CC3)c2c1. The summed E-state index contributed by atoms with van der Waals surface area (Å²) in [4.78, 5) is 18.4. The minimum absolute atomic E-state index is 0.0518. The van der Waals surface area contributed by atoms with Crippen LogP contribution in [0.4, 0.5) is 0 Å². The number of fused-ring (bicyclic) bond motifs is 1. The van der Waals surface area contributed by atoms with Crippen LogP contribution in [-0.4, -0.2) is 42.6 Å². The second-order valence-corrected chi connectivity index (χ2v) is 8.82. The number of ether oxygens (including phenoxy) is 2. The lowest BCUT2D eigenvalue weighted by molar-refractivity contribution is -0.138. The molecule has 2 heterocycles. The Kier molecular flexibility index (Phi) is 6.63. The molecule has 1 fully saturated rings. The van der Waals surface area contributed by atoms with Crippen molar-refractivity contribution >= 4 is 16.8 Å². The summed E-state index contributed by atoms with van der Waals surface area (Å²) in [6.07, 6.45) is 3.73. The molecule has 0 atom stereocenters. The smallest absolute Gasteiger partial charge is 0.248 e. The van der Waals surface area contributed by atoms with Gasteiger partial charge < -0.3 is 19.4 Å². The van der Waals surface area contributed by atoms with E-state index in [0.29, 0.717) is 5.92 Å². The number of hydrogen-bond donors (Lipinski definition) is 1. The van der Waals surface area contributed by atoms with Gasteiger partial charge in [-0.25, -0.2) is 0 Å². The van der Waals surface area contributed by atoms with Crippen LogP contribution >= 0.6 is 0 Å². The van der Waals surface area contributed by atoms with E-state index < -0.39 is 0 Å². The molecule has 0 saturated carbocycles. The fourth-order valence-electron chi connectivity index (χ4n) is 4.91. The van der Waals surface area contributed by atoms with E-state index in [9.17, 15) is 4.79 Å². The Bertz CT molecular complexity index is 1190. The minimum atomic E-state index is -0.259. The summed E-state index contributed by atoms with van der Waals surface area (Å²) in [6.45, 7) is 1.55. The first-order valence-corrected chi connectivity index (χ1v) is 11.9. The van der Waals surface area contributed by atoms with Gasteiger partial charge in [0.1, 0.15) is 18.5 Å². The Labute approximate surface area is 200 Å². The Morgan fingerprint density at radius 2 is 1.62 bits per heavy atom. The largest absolute Gasteiger partial charge is 0.497 e. The summed E-state index contributed by atoms with van der Waals surface area (Å²) in [5, 5.41) is 1.21. The molecule has 0 spiro atoms. The molecule has 4 aromatic rings. The number of carbonyl (C=O) groups is 1. The first-order valence-electron chi connectivity index (χ1n) is 11.9. The first kappa shape index (κ1) is 22.2. The number of benzene rings is 3. The van der Waals surface area contributed by atoms with E-state index in [1.54, 1.807) is 7.11 Å². The van der Waals surface area contributed by atoms with Crippen LogP contribution in [0.25, 0.3) is 10.9 Å². The fraction of sp³-hybridized carbons (Fsp3) is 0.276. The molecule has 5 heteroatoms. The molecule has 5 rings (SSSR count). The van der Waals surface area contributed by atoms with Crippen LogP contribution in [0.15, 0.2) is 85.1 Å². The Balaban J connectivity index is 1.22. The highest BCUT2D eigenvalue weighted by atomic mass is 16.5. The number of likely N-dealkylation sites (tertiary alicyclic amines) is 1. The molecule has 0 bridgehead atoms. The van der Waals surface area contributed by atoms with Crippen molar-refractivity contribution in [1.29, 1.82) is 0 Å². The molecule has 1 N–H and O–H groups in total. The predicted octanol–water partition coefficient (Wildman–Crippen LogP) is 5.69. The summed E-state index contributed by atoms with van der Waals surface area (Å²) in [5.74, 6) is 1.34. The molecule has 0 radical (unpaired) electrons. The Hall–Kier alpha value is -3.57. The second kappa shape index (κ2) is 10.1. The maximum Gasteiger partial charge on any atom is 0.248 e. The molecule has 5 nitrogen and oxygen atoms in total. The van der Waals surface area contributed by atoms with Crippen LogP contribution < -0.4 is 4.74 Å². The number of methoxy groups -OCH3 is 1. The zero-order chi connectivity index (χ0) is 23.3. The van der Waals surface area contributed by atoms with Crippen LogP contribution in [0, 0.1) is 0 Å². The third kappa shape index (κ3) is 4.70. The maximum absolute atomic E-state index is 13.0. The van der Waals surface area contributed by atoms with Gasteiger partial charge in [-0.2, -0.15) is 0 Å². The lowest BCUT2D eigenvalue weighted by Gasteiger charge is -2.32. The molecule has 1 saturated heterocycles. The van der Waals surface area contributed by atoms with Crippen molar-refractivity contribution in [3.05, 3.63) is 102 Å². The van der Waals surface area contributed by atoms with Gasteiger partial charge in [0.05, 0.1) is 7.11 Å². The van der Waals surface area contributed by atoms with E-state index in [-0.39, 0.29) is 18.6 Å². The number of carbonyl (C=O) groups excluding carboxylic acids is 1. The number of nitrogens with one attached hydrogen (secondary N) is 1. The molecule has 1 aromatic heterocycles. The van der Waals surface area contributed by atoms with Gasteiger partial charge in [-0.15, -0.1) is 0 Å². The quantitative estimate of drug-likeness (QED) is 0.390. The van der Waals surface area contributed by atoms with Gasteiger partial charge in [0.25, 0.3) is 0 Å². The monoisotopic (exact) mass is 454 g/mol. The van der Waals surface area contributed by atoms with Gasteiger partial charge >= 0.3 is 0 Å². The van der Waals surface area contributed by atoms with Crippen molar-refractivity contribution in [1.82, 2.24) is 9.88 Å². The molecule has 0 aliphatic carbocycles. The molecule has 0 unspecified atom stereocenters. The van der Waals surface area contributed by atoms with E-state index in [0.717, 1.165) is 48.3 Å². The van der Waals surface area contributed by atoms with Crippen molar-refractivity contribution in [2.45, 2.75) is 24.9 Å². The van der Waals surface area contributed by atoms with E-state index >= 15 is 0 Å². The Morgan fingerprint density at radius 3 is 2.24 bits per heavy atom. The van der Waals surface area contributed by atoms with Gasteiger partial charge in [0.15, 0.2) is 0 Å². The fourth-order valence-corrected chi connectivity index (χ4v) is 4.91. The average Bonchev–Trinajstić information content (AvgIpc) is 3.33. The first-order chi connectivity index (χ1) is 16.7.